The third kappa shape index (κ3) is 4.68. The second-order valence-electron chi connectivity index (χ2n) is 4.14. The third-order valence-corrected chi connectivity index (χ3v) is 3.07. The first-order chi connectivity index (χ1) is 10.0. The van der Waals surface area contributed by atoms with Gasteiger partial charge in [-0.05, 0) is 48.5 Å². The molecule has 0 fully saturated rings. The molecule has 0 atom stereocenters. The number of nitrogens with one attached hydrogen (secondary N) is 1. The zero-order chi connectivity index (χ0) is 15.2. The Morgan fingerprint density at radius 1 is 1.05 bits per heavy atom. The summed E-state index contributed by atoms with van der Waals surface area (Å²) in [6, 6.07) is 11.9. The van der Waals surface area contributed by atoms with Gasteiger partial charge < -0.3 is 10.1 Å². The molecule has 2 aromatic carbocycles. The van der Waals surface area contributed by atoms with Gasteiger partial charge in [0.05, 0.1) is 5.56 Å². The Labute approximate surface area is 129 Å². The van der Waals surface area contributed by atoms with E-state index < -0.39 is 24.3 Å². The van der Waals surface area contributed by atoms with Crippen LogP contribution in [0, 0.1) is 5.82 Å². The average molecular weight is 352 g/mol. The molecule has 2 rings (SSSR count). The molecule has 0 radical (unpaired) electrons. The first-order valence-corrected chi connectivity index (χ1v) is 6.82. The number of ether oxygens (including phenoxy) is 1. The fraction of sp³-hybridized carbons (Fsp3) is 0.0667. The van der Waals surface area contributed by atoms with E-state index in [9.17, 15) is 14.0 Å². The van der Waals surface area contributed by atoms with E-state index in [-0.39, 0.29) is 5.56 Å². The summed E-state index contributed by atoms with van der Waals surface area (Å²) in [6.07, 6.45) is 0. The molecule has 0 aliphatic rings. The number of benzene rings is 2. The van der Waals surface area contributed by atoms with Gasteiger partial charge in [-0.15, -0.1) is 0 Å². The molecule has 0 saturated carbocycles. The lowest BCUT2D eigenvalue weighted by Crippen LogP contribution is -2.20. The van der Waals surface area contributed by atoms with E-state index in [0.29, 0.717) is 5.69 Å². The Morgan fingerprint density at radius 2 is 1.67 bits per heavy atom. The molecule has 0 bridgehead atoms. The van der Waals surface area contributed by atoms with Crippen molar-refractivity contribution in [3.05, 3.63) is 64.4 Å². The standard InChI is InChI=1S/C15H11BrFNO3/c16-11-3-7-13(8-4-11)18-14(19)9-21-15(20)10-1-5-12(17)6-2-10/h1-8H,9H2,(H,18,19). The van der Waals surface area contributed by atoms with Crippen molar-refractivity contribution in [2.45, 2.75) is 0 Å². The summed E-state index contributed by atoms with van der Waals surface area (Å²) in [5, 5.41) is 2.59. The number of rotatable bonds is 4. The summed E-state index contributed by atoms with van der Waals surface area (Å²) < 4.78 is 18.5. The number of halogens is 2. The summed E-state index contributed by atoms with van der Waals surface area (Å²) in [6.45, 7) is -0.410. The molecule has 1 amide bonds. The maximum atomic E-state index is 12.7. The zero-order valence-electron chi connectivity index (χ0n) is 10.8. The van der Waals surface area contributed by atoms with Crippen LogP contribution in [0.15, 0.2) is 53.0 Å². The van der Waals surface area contributed by atoms with Crippen LogP contribution in [-0.2, 0) is 9.53 Å². The van der Waals surface area contributed by atoms with Crippen molar-refractivity contribution >= 4 is 33.5 Å². The Morgan fingerprint density at radius 3 is 2.29 bits per heavy atom. The predicted molar refractivity (Wildman–Crippen MR) is 79.5 cm³/mol. The van der Waals surface area contributed by atoms with Crippen LogP contribution in [0.2, 0.25) is 0 Å². The molecule has 0 aromatic heterocycles. The van der Waals surface area contributed by atoms with Gasteiger partial charge in [0.2, 0.25) is 0 Å². The third-order valence-electron chi connectivity index (χ3n) is 2.54. The zero-order valence-corrected chi connectivity index (χ0v) is 12.4. The lowest BCUT2D eigenvalue weighted by atomic mass is 10.2. The monoisotopic (exact) mass is 351 g/mol. The van der Waals surface area contributed by atoms with E-state index in [4.69, 9.17) is 4.74 Å². The Bertz CT molecular complexity index is 641. The van der Waals surface area contributed by atoms with E-state index in [2.05, 4.69) is 21.2 Å². The fourth-order valence-corrected chi connectivity index (χ4v) is 1.80. The number of esters is 1. The molecule has 6 heteroatoms. The quantitative estimate of drug-likeness (QED) is 0.859. The first-order valence-electron chi connectivity index (χ1n) is 6.03. The lowest BCUT2D eigenvalue weighted by Gasteiger charge is -2.06. The van der Waals surface area contributed by atoms with Crippen LogP contribution in [0.1, 0.15) is 10.4 Å². The van der Waals surface area contributed by atoms with Gasteiger partial charge in [0, 0.05) is 10.2 Å². The number of hydrogen-bond acceptors (Lipinski definition) is 3. The molecule has 0 saturated heterocycles. The molecule has 0 unspecified atom stereocenters. The van der Waals surface area contributed by atoms with Crippen molar-refractivity contribution in [2.24, 2.45) is 0 Å². The highest BCUT2D eigenvalue weighted by Gasteiger charge is 2.10. The molecule has 0 aliphatic carbocycles. The molecule has 0 aliphatic heterocycles. The van der Waals surface area contributed by atoms with Crippen LogP contribution in [0.3, 0.4) is 0 Å². The highest BCUT2D eigenvalue weighted by molar-refractivity contribution is 9.10. The summed E-state index contributed by atoms with van der Waals surface area (Å²) in [4.78, 5) is 23.3. The molecule has 2 aromatic rings. The minimum Gasteiger partial charge on any atom is -0.452 e. The highest BCUT2D eigenvalue weighted by atomic mass is 79.9. The Kier molecular flexibility index (Phi) is 5.05. The number of anilines is 1. The van der Waals surface area contributed by atoms with Crippen LogP contribution in [0.4, 0.5) is 10.1 Å². The number of amides is 1. The smallest absolute Gasteiger partial charge is 0.338 e. The van der Waals surface area contributed by atoms with Gasteiger partial charge in [0.1, 0.15) is 5.82 Å². The van der Waals surface area contributed by atoms with Crippen LogP contribution in [0.25, 0.3) is 0 Å². The topological polar surface area (TPSA) is 55.4 Å². The molecule has 108 valence electrons. The van der Waals surface area contributed by atoms with Gasteiger partial charge in [-0.1, -0.05) is 15.9 Å². The second kappa shape index (κ2) is 6.99. The van der Waals surface area contributed by atoms with Crippen LogP contribution >= 0.6 is 15.9 Å². The molecular weight excluding hydrogens is 341 g/mol. The van der Waals surface area contributed by atoms with E-state index in [1.807, 2.05) is 0 Å². The first kappa shape index (κ1) is 15.2. The van der Waals surface area contributed by atoms with Crippen molar-refractivity contribution in [3.8, 4) is 0 Å². The SMILES string of the molecule is O=C(COC(=O)c1ccc(F)cc1)Nc1ccc(Br)cc1. The van der Waals surface area contributed by atoms with E-state index >= 15 is 0 Å². The Hall–Kier alpha value is -2.21. The number of carbonyl (C=O) groups excluding carboxylic acids is 2. The minimum absolute atomic E-state index is 0.188. The van der Waals surface area contributed by atoms with E-state index in [1.54, 1.807) is 24.3 Å². The van der Waals surface area contributed by atoms with Crippen LogP contribution in [0.5, 0.6) is 0 Å². The molecule has 4 nitrogen and oxygen atoms in total. The van der Waals surface area contributed by atoms with Crippen molar-refractivity contribution in [3.63, 3.8) is 0 Å². The van der Waals surface area contributed by atoms with Gasteiger partial charge in [0.15, 0.2) is 6.61 Å². The van der Waals surface area contributed by atoms with E-state index in [1.165, 1.54) is 12.1 Å². The molecular formula is C15H11BrFNO3. The largest absolute Gasteiger partial charge is 0.452 e. The van der Waals surface area contributed by atoms with Gasteiger partial charge in [-0.2, -0.15) is 0 Å². The summed E-state index contributed by atoms with van der Waals surface area (Å²) in [5.74, 6) is -1.58. The Balaban J connectivity index is 1.84. The summed E-state index contributed by atoms with van der Waals surface area (Å²) >= 11 is 3.28. The van der Waals surface area contributed by atoms with Crippen molar-refractivity contribution in [1.82, 2.24) is 0 Å². The van der Waals surface area contributed by atoms with Gasteiger partial charge in [-0.3, -0.25) is 4.79 Å². The van der Waals surface area contributed by atoms with Crippen LogP contribution < -0.4 is 5.32 Å². The van der Waals surface area contributed by atoms with Crippen molar-refractivity contribution in [2.75, 3.05) is 11.9 Å². The number of carbonyl (C=O) groups is 2. The van der Waals surface area contributed by atoms with E-state index in [0.717, 1.165) is 16.6 Å². The molecule has 21 heavy (non-hydrogen) atoms. The van der Waals surface area contributed by atoms with Gasteiger partial charge in [0.25, 0.3) is 5.91 Å². The van der Waals surface area contributed by atoms with Crippen molar-refractivity contribution < 1.29 is 18.7 Å². The summed E-state index contributed by atoms with van der Waals surface area (Å²) in [5.41, 5.74) is 0.786. The van der Waals surface area contributed by atoms with Gasteiger partial charge >= 0.3 is 5.97 Å². The molecule has 0 spiro atoms. The normalized spacial score (nSPS) is 10.0. The molecule has 0 heterocycles. The lowest BCUT2D eigenvalue weighted by molar-refractivity contribution is -0.119. The highest BCUT2D eigenvalue weighted by Crippen LogP contribution is 2.14. The predicted octanol–water partition coefficient (Wildman–Crippen LogP) is 3.38. The van der Waals surface area contributed by atoms with Crippen molar-refractivity contribution in [1.29, 1.82) is 0 Å². The molecule has 1 N–H and O–H groups in total. The second-order valence-corrected chi connectivity index (χ2v) is 5.05. The average Bonchev–Trinajstić information content (AvgIpc) is 2.48. The van der Waals surface area contributed by atoms with Gasteiger partial charge in [-0.25, -0.2) is 9.18 Å². The summed E-state index contributed by atoms with van der Waals surface area (Å²) in [7, 11) is 0. The fourth-order valence-electron chi connectivity index (χ4n) is 1.53. The van der Waals surface area contributed by atoms with Crippen LogP contribution in [-0.4, -0.2) is 18.5 Å². The maximum Gasteiger partial charge on any atom is 0.338 e. The maximum absolute atomic E-state index is 12.7. The number of hydrogen-bond donors (Lipinski definition) is 1. The minimum atomic E-state index is -0.680.